The summed E-state index contributed by atoms with van der Waals surface area (Å²) in [7, 11) is 0. The molecule has 0 spiro atoms. The van der Waals surface area contributed by atoms with Gasteiger partial charge in [-0.1, -0.05) is 56.5 Å². The van der Waals surface area contributed by atoms with Crippen LogP contribution in [0.1, 0.15) is 52.0 Å². The average Bonchev–Trinajstić information content (AvgIpc) is 2.98. The van der Waals surface area contributed by atoms with Crippen LogP contribution in [-0.4, -0.2) is 30.4 Å². The second kappa shape index (κ2) is 7.31. The van der Waals surface area contributed by atoms with Crippen molar-refractivity contribution < 1.29 is 18.9 Å². The molecule has 2 aliphatic heterocycles. The summed E-state index contributed by atoms with van der Waals surface area (Å²) in [6, 6.07) is 10.2. The van der Waals surface area contributed by atoms with Crippen molar-refractivity contribution >= 4 is 0 Å². The van der Waals surface area contributed by atoms with E-state index < -0.39 is 5.79 Å². The van der Waals surface area contributed by atoms with Gasteiger partial charge in [-0.05, 0) is 25.8 Å². The van der Waals surface area contributed by atoms with Crippen LogP contribution in [0.2, 0.25) is 0 Å². The second-order valence-corrected chi connectivity index (χ2v) is 6.90. The fraction of sp³-hybridized carbons (Fsp3) is 0.684. The molecule has 1 aromatic rings. The molecule has 1 aromatic carbocycles. The van der Waals surface area contributed by atoms with E-state index in [1.165, 1.54) is 18.4 Å². The van der Waals surface area contributed by atoms with E-state index in [4.69, 9.17) is 18.9 Å². The Hall–Kier alpha value is -0.940. The van der Waals surface area contributed by atoms with Gasteiger partial charge in [-0.2, -0.15) is 0 Å². The summed E-state index contributed by atoms with van der Waals surface area (Å²) in [6.45, 7) is 6.64. The van der Waals surface area contributed by atoms with E-state index in [-0.39, 0.29) is 24.6 Å². The molecule has 2 aliphatic rings. The van der Waals surface area contributed by atoms with Crippen molar-refractivity contribution in [2.45, 2.75) is 83.5 Å². The van der Waals surface area contributed by atoms with Crippen molar-refractivity contribution in [3.63, 3.8) is 0 Å². The first kappa shape index (κ1) is 16.9. The van der Waals surface area contributed by atoms with Crippen LogP contribution in [0.3, 0.4) is 0 Å². The van der Waals surface area contributed by atoms with E-state index in [9.17, 15) is 0 Å². The molecule has 23 heavy (non-hydrogen) atoms. The highest BCUT2D eigenvalue weighted by Gasteiger charge is 2.55. The molecule has 0 N–H and O–H groups in total. The highest BCUT2D eigenvalue weighted by molar-refractivity contribution is 5.13. The van der Waals surface area contributed by atoms with Gasteiger partial charge in [-0.25, -0.2) is 0 Å². The van der Waals surface area contributed by atoms with Crippen molar-refractivity contribution in [1.82, 2.24) is 0 Å². The van der Waals surface area contributed by atoms with Gasteiger partial charge < -0.3 is 18.9 Å². The molecule has 2 fully saturated rings. The number of hydrogen-bond donors (Lipinski definition) is 0. The molecule has 0 saturated carbocycles. The lowest BCUT2D eigenvalue weighted by atomic mass is 10.0. The normalized spacial score (nSPS) is 32.1. The Labute approximate surface area is 139 Å². The Kier molecular flexibility index (Phi) is 5.37. The largest absolute Gasteiger partial charge is 0.368 e. The number of unbranched alkanes of at least 4 members (excludes halogenated alkanes) is 2. The lowest BCUT2D eigenvalue weighted by molar-refractivity contribution is -0.219. The van der Waals surface area contributed by atoms with Gasteiger partial charge in [0.15, 0.2) is 12.1 Å². The molecule has 4 atom stereocenters. The molecule has 2 saturated heterocycles. The Morgan fingerprint density at radius 3 is 2.61 bits per heavy atom. The number of ether oxygens (including phenoxy) is 4. The standard InChI is InChI=1S/C19H28O4/c1-4-5-7-12-15-16(20-13-14-10-8-6-9-11-14)17-18(21-15)23-19(2,3)22-17/h6,8-11,15-18H,4-5,7,12-13H2,1-3H3/t15-,16+,17-,18-/m1/s1. The number of benzene rings is 1. The number of rotatable bonds is 7. The molecule has 0 radical (unpaired) electrons. The summed E-state index contributed by atoms with van der Waals surface area (Å²) >= 11 is 0. The summed E-state index contributed by atoms with van der Waals surface area (Å²) in [6.07, 6.45) is 4.10. The Bertz CT molecular complexity index is 487. The SMILES string of the molecule is CCCCC[C@H]1O[C@@H]2OC(C)(C)O[C@@H]2[C@H]1OCc1ccccc1. The van der Waals surface area contributed by atoms with Crippen LogP contribution in [-0.2, 0) is 25.6 Å². The topological polar surface area (TPSA) is 36.9 Å². The van der Waals surface area contributed by atoms with E-state index in [0.717, 1.165) is 12.8 Å². The molecule has 4 heteroatoms. The maximum atomic E-state index is 6.21. The van der Waals surface area contributed by atoms with Crippen molar-refractivity contribution in [3.05, 3.63) is 35.9 Å². The number of hydrogen-bond acceptors (Lipinski definition) is 4. The van der Waals surface area contributed by atoms with E-state index in [0.29, 0.717) is 6.61 Å². The van der Waals surface area contributed by atoms with Crippen molar-refractivity contribution in [2.24, 2.45) is 0 Å². The van der Waals surface area contributed by atoms with Gasteiger partial charge in [0.25, 0.3) is 0 Å². The van der Waals surface area contributed by atoms with Gasteiger partial charge in [0.1, 0.15) is 12.2 Å². The third kappa shape index (κ3) is 4.13. The summed E-state index contributed by atoms with van der Waals surface area (Å²) in [5.41, 5.74) is 1.17. The third-order valence-corrected chi connectivity index (χ3v) is 4.46. The van der Waals surface area contributed by atoms with Crippen LogP contribution in [0.15, 0.2) is 30.3 Å². The minimum absolute atomic E-state index is 0.0522. The maximum Gasteiger partial charge on any atom is 0.190 e. The molecular formula is C19H28O4. The summed E-state index contributed by atoms with van der Waals surface area (Å²) in [4.78, 5) is 0. The molecule has 3 rings (SSSR count). The Morgan fingerprint density at radius 2 is 1.87 bits per heavy atom. The van der Waals surface area contributed by atoms with Gasteiger partial charge in [0.2, 0.25) is 0 Å². The molecule has 0 aliphatic carbocycles. The molecular weight excluding hydrogens is 292 g/mol. The smallest absolute Gasteiger partial charge is 0.190 e. The fourth-order valence-corrected chi connectivity index (χ4v) is 3.34. The summed E-state index contributed by atoms with van der Waals surface area (Å²) in [5, 5.41) is 0. The van der Waals surface area contributed by atoms with E-state index in [2.05, 4.69) is 19.1 Å². The summed E-state index contributed by atoms with van der Waals surface area (Å²) in [5.74, 6) is -0.599. The average molecular weight is 320 g/mol. The van der Waals surface area contributed by atoms with Crippen molar-refractivity contribution in [1.29, 1.82) is 0 Å². The molecule has 0 amide bonds. The first-order valence-electron chi connectivity index (χ1n) is 8.76. The van der Waals surface area contributed by atoms with Crippen LogP contribution in [0, 0.1) is 0 Å². The molecule has 0 bridgehead atoms. The predicted octanol–water partition coefficient (Wildman–Crippen LogP) is 4.03. The second-order valence-electron chi connectivity index (χ2n) is 6.90. The van der Waals surface area contributed by atoms with Crippen LogP contribution < -0.4 is 0 Å². The minimum Gasteiger partial charge on any atom is -0.368 e. The Morgan fingerprint density at radius 1 is 1.09 bits per heavy atom. The molecule has 2 heterocycles. The van der Waals surface area contributed by atoms with Crippen LogP contribution in [0.5, 0.6) is 0 Å². The predicted molar refractivity (Wildman–Crippen MR) is 87.9 cm³/mol. The molecule has 0 unspecified atom stereocenters. The zero-order valence-corrected chi connectivity index (χ0v) is 14.4. The van der Waals surface area contributed by atoms with Crippen LogP contribution >= 0.6 is 0 Å². The quantitative estimate of drug-likeness (QED) is 0.711. The maximum absolute atomic E-state index is 6.21. The van der Waals surface area contributed by atoms with E-state index in [1.807, 2.05) is 32.0 Å². The number of fused-ring (bicyclic) bond motifs is 1. The fourth-order valence-electron chi connectivity index (χ4n) is 3.34. The lowest BCUT2D eigenvalue weighted by Crippen LogP contribution is -2.36. The van der Waals surface area contributed by atoms with Gasteiger partial charge in [-0.3, -0.25) is 0 Å². The third-order valence-electron chi connectivity index (χ3n) is 4.46. The van der Waals surface area contributed by atoms with Crippen molar-refractivity contribution in [3.8, 4) is 0 Å². The molecule has 0 aromatic heterocycles. The highest BCUT2D eigenvalue weighted by Crippen LogP contribution is 2.40. The zero-order valence-electron chi connectivity index (χ0n) is 14.4. The zero-order chi connectivity index (χ0) is 16.3. The lowest BCUT2D eigenvalue weighted by Gasteiger charge is -2.26. The van der Waals surface area contributed by atoms with Crippen LogP contribution in [0.25, 0.3) is 0 Å². The monoisotopic (exact) mass is 320 g/mol. The van der Waals surface area contributed by atoms with E-state index in [1.54, 1.807) is 0 Å². The van der Waals surface area contributed by atoms with Gasteiger partial charge >= 0.3 is 0 Å². The van der Waals surface area contributed by atoms with Gasteiger partial charge in [-0.15, -0.1) is 0 Å². The first-order chi connectivity index (χ1) is 11.1. The van der Waals surface area contributed by atoms with Crippen molar-refractivity contribution in [2.75, 3.05) is 0 Å². The molecule has 4 nitrogen and oxygen atoms in total. The Balaban J connectivity index is 1.63. The van der Waals surface area contributed by atoms with E-state index >= 15 is 0 Å². The highest BCUT2D eigenvalue weighted by atomic mass is 16.8. The van der Waals surface area contributed by atoms with Gasteiger partial charge in [0, 0.05) is 0 Å². The minimum atomic E-state index is -0.599. The van der Waals surface area contributed by atoms with Gasteiger partial charge in [0.05, 0.1) is 12.7 Å². The first-order valence-corrected chi connectivity index (χ1v) is 8.76. The molecule has 128 valence electrons. The summed E-state index contributed by atoms with van der Waals surface area (Å²) < 4.78 is 24.2. The van der Waals surface area contributed by atoms with Crippen LogP contribution in [0.4, 0.5) is 0 Å².